The summed E-state index contributed by atoms with van der Waals surface area (Å²) in [7, 11) is 0. The van der Waals surface area contributed by atoms with E-state index in [0.717, 1.165) is 31.9 Å². The molecule has 0 aliphatic carbocycles. The van der Waals surface area contributed by atoms with Crippen LogP contribution in [0.3, 0.4) is 0 Å². The molecule has 1 aromatic heterocycles. The number of aromatic nitrogens is 1. The van der Waals surface area contributed by atoms with Gasteiger partial charge in [0.05, 0.1) is 6.61 Å². The third-order valence-electron chi connectivity index (χ3n) is 3.20. The van der Waals surface area contributed by atoms with E-state index in [1.807, 2.05) is 12.3 Å². The number of hydrogen-bond donors (Lipinski definition) is 1. The fourth-order valence-corrected chi connectivity index (χ4v) is 2.13. The number of nitrogens with one attached hydrogen (secondary N) is 1. The molecule has 0 aliphatic heterocycles. The second-order valence-electron chi connectivity index (χ2n) is 4.96. The molecule has 1 heterocycles. The Morgan fingerprint density at radius 2 is 1.90 bits per heavy atom. The van der Waals surface area contributed by atoms with Crippen molar-refractivity contribution in [2.24, 2.45) is 0 Å². The van der Waals surface area contributed by atoms with E-state index in [0.29, 0.717) is 0 Å². The molecule has 3 heteroatoms. The van der Waals surface area contributed by atoms with E-state index in [1.54, 1.807) is 6.20 Å². The zero-order chi connectivity index (χ0) is 14.2. The standard InChI is InChI=1S/C17H22N2O/c1-14-6-3-7-15(2)17(14)20-11-5-10-19-13-16-8-4-9-18-12-16/h3-4,6-9,12,19H,5,10-11,13H2,1-2H3. The molecular weight excluding hydrogens is 248 g/mol. The van der Waals surface area contributed by atoms with Gasteiger partial charge in [0.1, 0.15) is 5.75 Å². The summed E-state index contributed by atoms with van der Waals surface area (Å²) < 4.78 is 5.87. The highest BCUT2D eigenvalue weighted by Crippen LogP contribution is 2.22. The summed E-state index contributed by atoms with van der Waals surface area (Å²) in [6.07, 6.45) is 4.68. The Labute approximate surface area is 121 Å². The molecule has 3 nitrogen and oxygen atoms in total. The lowest BCUT2D eigenvalue weighted by molar-refractivity contribution is 0.304. The van der Waals surface area contributed by atoms with Crippen LogP contribution in [0.4, 0.5) is 0 Å². The highest BCUT2D eigenvalue weighted by atomic mass is 16.5. The van der Waals surface area contributed by atoms with Crippen LogP contribution in [0.2, 0.25) is 0 Å². The number of pyridine rings is 1. The quantitative estimate of drug-likeness (QED) is 0.784. The van der Waals surface area contributed by atoms with Gasteiger partial charge < -0.3 is 10.1 Å². The van der Waals surface area contributed by atoms with Gasteiger partial charge in [-0.1, -0.05) is 24.3 Å². The van der Waals surface area contributed by atoms with E-state index in [-0.39, 0.29) is 0 Å². The maximum atomic E-state index is 5.87. The van der Waals surface area contributed by atoms with E-state index in [4.69, 9.17) is 4.74 Å². The molecule has 0 amide bonds. The predicted octanol–water partition coefficient (Wildman–Crippen LogP) is 3.26. The molecule has 0 unspecified atom stereocenters. The monoisotopic (exact) mass is 270 g/mol. The average molecular weight is 270 g/mol. The first-order valence-corrected chi connectivity index (χ1v) is 7.06. The smallest absolute Gasteiger partial charge is 0.125 e. The lowest BCUT2D eigenvalue weighted by Crippen LogP contribution is -2.17. The third kappa shape index (κ3) is 4.35. The molecule has 20 heavy (non-hydrogen) atoms. The van der Waals surface area contributed by atoms with Crippen molar-refractivity contribution >= 4 is 0 Å². The lowest BCUT2D eigenvalue weighted by Gasteiger charge is -2.12. The molecule has 1 aromatic carbocycles. The molecule has 0 bridgehead atoms. The van der Waals surface area contributed by atoms with Gasteiger partial charge in [-0.3, -0.25) is 4.98 Å². The van der Waals surface area contributed by atoms with Crippen LogP contribution in [-0.4, -0.2) is 18.1 Å². The molecule has 0 saturated heterocycles. The van der Waals surface area contributed by atoms with Crippen LogP contribution >= 0.6 is 0 Å². The summed E-state index contributed by atoms with van der Waals surface area (Å²) >= 11 is 0. The van der Waals surface area contributed by atoms with Gasteiger partial charge in [0, 0.05) is 18.9 Å². The van der Waals surface area contributed by atoms with Gasteiger partial charge in [-0.15, -0.1) is 0 Å². The molecule has 106 valence electrons. The fraction of sp³-hybridized carbons (Fsp3) is 0.353. The minimum atomic E-state index is 0.742. The Hall–Kier alpha value is -1.87. The van der Waals surface area contributed by atoms with Crippen molar-refractivity contribution in [1.82, 2.24) is 10.3 Å². The third-order valence-corrected chi connectivity index (χ3v) is 3.20. The Morgan fingerprint density at radius 3 is 2.60 bits per heavy atom. The normalized spacial score (nSPS) is 10.5. The SMILES string of the molecule is Cc1cccc(C)c1OCCCNCc1cccnc1. The molecular formula is C17H22N2O. The Kier molecular flexibility index (Phi) is 5.56. The summed E-state index contributed by atoms with van der Waals surface area (Å²) in [6, 6.07) is 10.3. The first kappa shape index (κ1) is 14.5. The predicted molar refractivity (Wildman–Crippen MR) is 82.0 cm³/mol. The van der Waals surface area contributed by atoms with Crippen molar-refractivity contribution in [1.29, 1.82) is 0 Å². The van der Waals surface area contributed by atoms with Crippen LogP contribution in [0.15, 0.2) is 42.7 Å². The van der Waals surface area contributed by atoms with Gasteiger partial charge >= 0.3 is 0 Å². The van der Waals surface area contributed by atoms with E-state index in [2.05, 4.69) is 48.4 Å². The number of para-hydroxylation sites is 1. The van der Waals surface area contributed by atoms with Crippen LogP contribution < -0.4 is 10.1 Å². The van der Waals surface area contributed by atoms with Crippen molar-refractivity contribution in [2.75, 3.05) is 13.2 Å². The highest BCUT2D eigenvalue weighted by Gasteiger charge is 2.02. The van der Waals surface area contributed by atoms with Gasteiger partial charge in [0.2, 0.25) is 0 Å². The van der Waals surface area contributed by atoms with Crippen LogP contribution in [0, 0.1) is 13.8 Å². The fourth-order valence-electron chi connectivity index (χ4n) is 2.13. The molecule has 2 aromatic rings. The second kappa shape index (κ2) is 7.65. The van der Waals surface area contributed by atoms with Gasteiger partial charge in [-0.05, 0) is 49.6 Å². The zero-order valence-electron chi connectivity index (χ0n) is 12.2. The minimum Gasteiger partial charge on any atom is -0.493 e. The molecule has 0 saturated carbocycles. The molecule has 0 aliphatic rings. The van der Waals surface area contributed by atoms with Crippen molar-refractivity contribution in [2.45, 2.75) is 26.8 Å². The number of hydrogen-bond acceptors (Lipinski definition) is 3. The van der Waals surface area contributed by atoms with Crippen molar-refractivity contribution in [3.63, 3.8) is 0 Å². The molecule has 0 spiro atoms. The molecule has 0 fully saturated rings. The molecule has 2 rings (SSSR count). The first-order chi connectivity index (χ1) is 9.77. The van der Waals surface area contributed by atoms with Gasteiger partial charge in [0.25, 0.3) is 0 Å². The summed E-state index contributed by atoms with van der Waals surface area (Å²) in [6.45, 7) is 6.72. The summed E-state index contributed by atoms with van der Waals surface area (Å²) in [5.41, 5.74) is 3.62. The maximum Gasteiger partial charge on any atom is 0.125 e. The molecule has 0 radical (unpaired) electrons. The number of rotatable bonds is 7. The van der Waals surface area contributed by atoms with Crippen molar-refractivity contribution in [3.8, 4) is 5.75 Å². The largest absolute Gasteiger partial charge is 0.493 e. The first-order valence-electron chi connectivity index (χ1n) is 7.06. The van der Waals surface area contributed by atoms with Gasteiger partial charge in [-0.25, -0.2) is 0 Å². The summed E-state index contributed by atoms with van der Waals surface area (Å²) in [5.74, 6) is 1.03. The Balaban J connectivity index is 1.65. The van der Waals surface area contributed by atoms with Gasteiger partial charge in [-0.2, -0.15) is 0 Å². The maximum absolute atomic E-state index is 5.87. The van der Waals surface area contributed by atoms with E-state index in [9.17, 15) is 0 Å². The average Bonchev–Trinajstić information content (AvgIpc) is 2.46. The molecule has 0 atom stereocenters. The number of aryl methyl sites for hydroxylation is 2. The minimum absolute atomic E-state index is 0.742. The lowest BCUT2D eigenvalue weighted by atomic mass is 10.1. The van der Waals surface area contributed by atoms with Gasteiger partial charge in [0.15, 0.2) is 0 Å². The van der Waals surface area contributed by atoms with E-state index >= 15 is 0 Å². The van der Waals surface area contributed by atoms with Crippen LogP contribution in [-0.2, 0) is 6.54 Å². The number of ether oxygens (including phenoxy) is 1. The Bertz CT molecular complexity index is 506. The Morgan fingerprint density at radius 1 is 1.10 bits per heavy atom. The van der Waals surface area contributed by atoms with E-state index < -0.39 is 0 Å². The number of nitrogens with zero attached hydrogens (tertiary/aromatic N) is 1. The summed E-state index contributed by atoms with van der Waals surface area (Å²) in [4.78, 5) is 4.09. The second-order valence-corrected chi connectivity index (χ2v) is 4.96. The highest BCUT2D eigenvalue weighted by molar-refractivity contribution is 5.39. The van der Waals surface area contributed by atoms with Crippen molar-refractivity contribution in [3.05, 3.63) is 59.4 Å². The summed E-state index contributed by atoms with van der Waals surface area (Å²) in [5, 5.41) is 3.40. The van der Waals surface area contributed by atoms with Crippen LogP contribution in [0.25, 0.3) is 0 Å². The topological polar surface area (TPSA) is 34.1 Å². The molecule has 1 N–H and O–H groups in total. The van der Waals surface area contributed by atoms with E-state index in [1.165, 1.54) is 16.7 Å². The van der Waals surface area contributed by atoms with Crippen molar-refractivity contribution < 1.29 is 4.74 Å². The van der Waals surface area contributed by atoms with Crippen LogP contribution in [0.5, 0.6) is 5.75 Å². The zero-order valence-corrected chi connectivity index (χ0v) is 12.2. The number of benzene rings is 1. The van der Waals surface area contributed by atoms with Crippen LogP contribution in [0.1, 0.15) is 23.1 Å².